The molecule has 17 heavy (non-hydrogen) atoms. The zero-order valence-electron chi connectivity index (χ0n) is 9.13. The van der Waals surface area contributed by atoms with Gasteiger partial charge in [-0.25, -0.2) is 4.98 Å². The molecule has 0 spiro atoms. The number of nitrogens with one attached hydrogen (secondary N) is 1. The molecule has 2 rings (SSSR count). The molecule has 92 valence electrons. The van der Waals surface area contributed by atoms with E-state index in [1.54, 1.807) is 11.3 Å². The molecule has 0 aliphatic rings. The third kappa shape index (κ3) is 3.81. The maximum atomic E-state index is 8.53. The Bertz CT molecular complexity index is 430. The molecule has 0 aliphatic carbocycles. The molecule has 0 bridgehead atoms. The van der Waals surface area contributed by atoms with E-state index < -0.39 is 0 Å². The van der Waals surface area contributed by atoms with Crippen molar-refractivity contribution in [1.82, 2.24) is 15.2 Å². The third-order valence-electron chi connectivity index (χ3n) is 1.91. The van der Waals surface area contributed by atoms with Crippen molar-refractivity contribution in [2.45, 2.75) is 5.16 Å². The molecule has 0 aliphatic heterocycles. The molecule has 0 fully saturated rings. The second-order valence-corrected chi connectivity index (χ2v) is 5.14. The van der Waals surface area contributed by atoms with Crippen molar-refractivity contribution < 1.29 is 9.84 Å². The van der Waals surface area contributed by atoms with Gasteiger partial charge in [-0.1, -0.05) is 17.8 Å². The molecular formula is C10H13N3O2S2. The maximum Gasteiger partial charge on any atom is 0.208 e. The monoisotopic (exact) mass is 271 g/mol. The molecule has 2 aromatic heterocycles. The number of hydrogen-bond acceptors (Lipinski definition) is 6. The van der Waals surface area contributed by atoms with E-state index in [-0.39, 0.29) is 6.61 Å². The standard InChI is InChI=1S/C10H13N3O2S2/c14-3-4-15-5-7-17-10-11-9(12-13-10)8-2-1-6-16-8/h1-2,6,14H,3-5,7H2,(H,11,12,13). The number of rotatable bonds is 7. The van der Waals surface area contributed by atoms with Crippen LogP contribution in [0.2, 0.25) is 0 Å². The maximum absolute atomic E-state index is 8.53. The van der Waals surface area contributed by atoms with Gasteiger partial charge in [0.15, 0.2) is 5.82 Å². The number of aromatic nitrogens is 3. The highest BCUT2D eigenvalue weighted by Gasteiger charge is 2.06. The van der Waals surface area contributed by atoms with Crippen LogP contribution in [0.4, 0.5) is 0 Å². The molecule has 0 atom stereocenters. The Morgan fingerprint density at radius 3 is 3.18 bits per heavy atom. The lowest BCUT2D eigenvalue weighted by atomic mass is 10.4. The van der Waals surface area contributed by atoms with Crippen LogP contribution in [0, 0.1) is 0 Å². The summed E-state index contributed by atoms with van der Waals surface area (Å²) in [7, 11) is 0. The van der Waals surface area contributed by atoms with E-state index in [0.29, 0.717) is 13.2 Å². The number of H-pyrrole nitrogens is 1. The number of thioether (sulfide) groups is 1. The Kier molecular flexibility index (Phi) is 4.99. The molecule has 7 heteroatoms. The van der Waals surface area contributed by atoms with Gasteiger partial charge in [0.2, 0.25) is 5.16 Å². The quantitative estimate of drug-likeness (QED) is 0.591. The van der Waals surface area contributed by atoms with E-state index >= 15 is 0 Å². The van der Waals surface area contributed by atoms with E-state index in [2.05, 4.69) is 15.2 Å². The fourth-order valence-corrected chi connectivity index (χ4v) is 2.51. The minimum atomic E-state index is 0.0633. The van der Waals surface area contributed by atoms with Crippen LogP contribution in [0.25, 0.3) is 10.7 Å². The summed E-state index contributed by atoms with van der Waals surface area (Å²) in [5, 5.41) is 18.3. The zero-order valence-corrected chi connectivity index (χ0v) is 10.8. The molecule has 0 amide bonds. The van der Waals surface area contributed by atoms with Crippen LogP contribution >= 0.6 is 23.1 Å². The Labute approximate surface area is 107 Å². The van der Waals surface area contributed by atoms with Gasteiger partial charge in [-0.3, -0.25) is 5.10 Å². The molecule has 2 N–H and O–H groups in total. The lowest BCUT2D eigenvalue weighted by molar-refractivity contribution is 0.103. The van der Waals surface area contributed by atoms with Gasteiger partial charge in [-0.2, -0.15) is 0 Å². The number of ether oxygens (including phenoxy) is 1. The average molecular weight is 271 g/mol. The summed E-state index contributed by atoms with van der Waals surface area (Å²) in [6, 6.07) is 3.99. The summed E-state index contributed by atoms with van der Waals surface area (Å²) >= 11 is 3.16. The number of aliphatic hydroxyl groups is 1. The van der Waals surface area contributed by atoms with Gasteiger partial charge in [0.1, 0.15) is 0 Å². The second kappa shape index (κ2) is 6.75. The summed E-state index contributed by atoms with van der Waals surface area (Å²) in [5.74, 6) is 1.58. The summed E-state index contributed by atoms with van der Waals surface area (Å²) in [6.45, 7) is 1.04. The fourth-order valence-electron chi connectivity index (χ4n) is 1.19. The molecule has 0 saturated carbocycles. The van der Waals surface area contributed by atoms with E-state index in [9.17, 15) is 0 Å². The minimum absolute atomic E-state index is 0.0633. The Balaban J connectivity index is 1.79. The predicted octanol–water partition coefficient (Wildman–Crippen LogP) is 1.63. The van der Waals surface area contributed by atoms with Gasteiger partial charge in [0.25, 0.3) is 0 Å². The molecule has 2 heterocycles. The van der Waals surface area contributed by atoms with E-state index in [4.69, 9.17) is 9.84 Å². The first-order valence-corrected chi connectivity index (χ1v) is 7.04. The average Bonchev–Trinajstić information content (AvgIpc) is 2.99. The predicted molar refractivity (Wildman–Crippen MR) is 68.3 cm³/mol. The number of aromatic amines is 1. The van der Waals surface area contributed by atoms with Crippen molar-refractivity contribution in [2.75, 3.05) is 25.6 Å². The highest BCUT2D eigenvalue weighted by atomic mass is 32.2. The number of hydrogen-bond donors (Lipinski definition) is 2. The summed E-state index contributed by atoms with van der Waals surface area (Å²) < 4.78 is 5.15. The highest BCUT2D eigenvalue weighted by molar-refractivity contribution is 7.99. The largest absolute Gasteiger partial charge is 0.394 e. The van der Waals surface area contributed by atoms with Gasteiger partial charge in [-0.15, -0.1) is 16.4 Å². The van der Waals surface area contributed by atoms with Crippen LogP contribution in [0.5, 0.6) is 0 Å². The Morgan fingerprint density at radius 1 is 1.47 bits per heavy atom. The summed E-state index contributed by atoms with van der Waals surface area (Å²) in [4.78, 5) is 5.46. The number of aliphatic hydroxyl groups excluding tert-OH is 1. The van der Waals surface area contributed by atoms with Gasteiger partial charge >= 0.3 is 0 Å². The highest BCUT2D eigenvalue weighted by Crippen LogP contribution is 2.22. The van der Waals surface area contributed by atoms with E-state index in [1.165, 1.54) is 11.8 Å². The van der Waals surface area contributed by atoms with Crippen molar-refractivity contribution in [3.8, 4) is 10.7 Å². The fraction of sp³-hybridized carbons (Fsp3) is 0.400. The lowest BCUT2D eigenvalue weighted by Crippen LogP contribution is -2.02. The topological polar surface area (TPSA) is 71.0 Å². The first-order chi connectivity index (χ1) is 8.40. The van der Waals surface area contributed by atoms with Crippen LogP contribution < -0.4 is 0 Å². The molecule has 0 saturated heterocycles. The van der Waals surface area contributed by atoms with Gasteiger partial charge in [0, 0.05) is 5.75 Å². The first-order valence-electron chi connectivity index (χ1n) is 5.18. The molecule has 0 radical (unpaired) electrons. The van der Waals surface area contributed by atoms with Crippen molar-refractivity contribution in [2.24, 2.45) is 0 Å². The Morgan fingerprint density at radius 2 is 2.41 bits per heavy atom. The molecule has 2 aromatic rings. The van der Waals surface area contributed by atoms with E-state index in [1.807, 2.05) is 17.5 Å². The normalized spacial score (nSPS) is 10.9. The lowest BCUT2D eigenvalue weighted by Gasteiger charge is -1.98. The summed E-state index contributed by atoms with van der Waals surface area (Å²) in [5.41, 5.74) is 0. The van der Waals surface area contributed by atoms with Crippen LogP contribution in [-0.2, 0) is 4.74 Å². The molecular weight excluding hydrogens is 258 g/mol. The van der Waals surface area contributed by atoms with E-state index in [0.717, 1.165) is 21.6 Å². The van der Waals surface area contributed by atoms with Gasteiger partial charge < -0.3 is 9.84 Å². The van der Waals surface area contributed by atoms with Crippen molar-refractivity contribution in [3.63, 3.8) is 0 Å². The SMILES string of the molecule is OCCOCCSc1n[nH]c(-c2cccs2)n1. The van der Waals surface area contributed by atoms with Crippen LogP contribution in [0.1, 0.15) is 0 Å². The van der Waals surface area contributed by atoms with Crippen molar-refractivity contribution in [3.05, 3.63) is 17.5 Å². The smallest absolute Gasteiger partial charge is 0.208 e. The van der Waals surface area contributed by atoms with Gasteiger partial charge in [-0.05, 0) is 11.4 Å². The number of thiophene rings is 1. The van der Waals surface area contributed by atoms with Crippen LogP contribution in [0.3, 0.4) is 0 Å². The zero-order chi connectivity index (χ0) is 11.9. The van der Waals surface area contributed by atoms with Crippen molar-refractivity contribution in [1.29, 1.82) is 0 Å². The molecule has 5 nitrogen and oxygen atoms in total. The van der Waals surface area contributed by atoms with Gasteiger partial charge in [0.05, 0.1) is 24.7 Å². The van der Waals surface area contributed by atoms with Crippen LogP contribution in [-0.4, -0.2) is 45.9 Å². The number of nitrogens with zero attached hydrogens (tertiary/aromatic N) is 2. The summed E-state index contributed by atoms with van der Waals surface area (Å²) in [6.07, 6.45) is 0. The third-order valence-corrected chi connectivity index (χ3v) is 3.60. The molecule has 0 unspecified atom stereocenters. The van der Waals surface area contributed by atoms with Crippen molar-refractivity contribution >= 4 is 23.1 Å². The molecule has 0 aromatic carbocycles. The minimum Gasteiger partial charge on any atom is -0.394 e. The van der Waals surface area contributed by atoms with Crippen LogP contribution in [0.15, 0.2) is 22.7 Å². The first kappa shape index (κ1) is 12.6. The second-order valence-electron chi connectivity index (χ2n) is 3.13. The Hall–Kier alpha value is -0.890.